The van der Waals surface area contributed by atoms with Crippen LogP contribution in [-0.2, 0) is 6.42 Å². The number of hydrogen-bond acceptors (Lipinski definition) is 0. The van der Waals surface area contributed by atoms with Crippen LogP contribution in [0.1, 0.15) is 36.9 Å². The van der Waals surface area contributed by atoms with E-state index in [1.165, 1.54) is 43.0 Å². The molecule has 0 bridgehead atoms. The summed E-state index contributed by atoms with van der Waals surface area (Å²) in [7, 11) is 0. The minimum absolute atomic E-state index is 0.494. The second-order valence-electron chi connectivity index (χ2n) is 9.83. The molecule has 2 aromatic rings. The molecule has 2 heteroatoms. The number of aromatic nitrogens is 1. The normalized spacial score (nSPS) is 29.8. The van der Waals surface area contributed by atoms with Crippen LogP contribution in [0.2, 0.25) is 5.82 Å². The summed E-state index contributed by atoms with van der Waals surface area (Å²) in [6.45, 7) is 0.494. The summed E-state index contributed by atoms with van der Waals surface area (Å²) >= 11 is 0. The van der Waals surface area contributed by atoms with E-state index in [0.29, 0.717) is 24.5 Å². The average Bonchev–Trinajstić information content (AvgIpc) is 3.31. The van der Waals surface area contributed by atoms with Gasteiger partial charge in [0.1, 0.15) is 0 Å². The Hall–Kier alpha value is -2.74. The summed E-state index contributed by atoms with van der Waals surface area (Å²) in [6.07, 6.45) is 23.2. The molecule has 4 aliphatic carbocycles. The first kappa shape index (κ1) is 16.0. The largest absolute Gasteiger partial charge is 0.380 e. The van der Waals surface area contributed by atoms with Gasteiger partial charge in [-0.05, 0) is 77.8 Å². The molecule has 0 radical (unpaired) electrons. The van der Waals surface area contributed by atoms with Crippen molar-refractivity contribution in [3.63, 3.8) is 0 Å². The number of benzene rings is 1. The van der Waals surface area contributed by atoms with Crippen molar-refractivity contribution in [3.8, 4) is 0 Å². The van der Waals surface area contributed by atoms with Crippen LogP contribution in [0.5, 0.6) is 0 Å². The fourth-order valence-corrected chi connectivity index (χ4v) is 7.61. The second-order valence-corrected chi connectivity index (χ2v) is 9.83. The number of nitrogens with zero attached hydrogens (tertiary/aromatic N) is 1. The first-order valence-electron chi connectivity index (χ1n) is 11.7. The Morgan fingerprint density at radius 2 is 2.00 bits per heavy atom. The number of aryl methyl sites for hydroxylation is 1. The molecule has 3 heterocycles. The lowest BCUT2D eigenvalue weighted by Gasteiger charge is -2.44. The van der Waals surface area contributed by atoms with Gasteiger partial charge in [-0.15, -0.1) is 0 Å². The number of rotatable bonds is 0. The Morgan fingerprint density at radius 3 is 3.00 bits per heavy atom. The van der Waals surface area contributed by atoms with Crippen molar-refractivity contribution in [1.29, 1.82) is 0 Å². The molecule has 0 saturated heterocycles. The standard InChI is InChI=1S/C28H24BN/c1-2-9-18-17(8-1)16-23-19-10-3-5-14-24(19)29-27(23)26(18)22-13-7-12-21-20-11-4-6-15-25(20)30(29)28(21)22/h1,3-6,8,10-11,13,15-16,18,24,26H,2,7,9,12,14H2. The van der Waals surface area contributed by atoms with Crippen molar-refractivity contribution < 1.29 is 0 Å². The molecule has 30 heavy (non-hydrogen) atoms. The molecule has 0 N–H and O–H groups in total. The molecule has 3 atom stereocenters. The fraction of sp³-hybridized carbons (Fsp3) is 0.286. The maximum Gasteiger partial charge on any atom is 0.299 e. The van der Waals surface area contributed by atoms with Crippen molar-refractivity contribution in [2.45, 2.75) is 37.9 Å². The highest BCUT2D eigenvalue weighted by molar-refractivity contribution is 6.71. The van der Waals surface area contributed by atoms with Gasteiger partial charge >= 0.3 is 0 Å². The number of hydrogen-bond donors (Lipinski definition) is 0. The summed E-state index contributed by atoms with van der Waals surface area (Å²) in [5, 5.41) is 1.50. The highest BCUT2D eigenvalue weighted by Crippen LogP contribution is 2.61. The van der Waals surface area contributed by atoms with E-state index in [0.717, 1.165) is 0 Å². The van der Waals surface area contributed by atoms with E-state index in [4.69, 9.17) is 0 Å². The summed E-state index contributed by atoms with van der Waals surface area (Å²) in [6, 6.07) is 9.21. The third-order valence-corrected chi connectivity index (χ3v) is 8.62. The van der Waals surface area contributed by atoms with E-state index < -0.39 is 0 Å². The molecule has 1 aromatic carbocycles. The molecular formula is C28H24BN. The fourth-order valence-electron chi connectivity index (χ4n) is 7.61. The van der Waals surface area contributed by atoms with Crippen molar-refractivity contribution in [1.82, 2.24) is 4.48 Å². The zero-order chi connectivity index (χ0) is 19.4. The Labute approximate surface area is 178 Å². The molecule has 2 aliphatic heterocycles. The molecule has 8 rings (SSSR count). The maximum atomic E-state index is 2.78. The molecule has 3 unspecified atom stereocenters. The van der Waals surface area contributed by atoms with Crippen LogP contribution in [0.15, 0.2) is 89.0 Å². The summed E-state index contributed by atoms with van der Waals surface area (Å²) < 4.78 is 2.78. The molecule has 0 saturated carbocycles. The molecule has 1 nitrogen and oxygen atoms in total. The van der Waals surface area contributed by atoms with Crippen LogP contribution in [0.3, 0.4) is 0 Å². The summed E-state index contributed by atoms with van der Waals surface area (Å²) in [5.41, 5.74) is 12.8. The van der Waals surface area contributed by atoms with Crippen LogP contribution in [-0.4, -0.2) is 11.3 Å². The van der Waals surface area contributed by atoms with Gasteiger partial charge in [-0.2, -0.15) is 0 Å². The minimum atomic E-state index is 0.494. The summed E-state index contributed by atoms with van der Waals surface area (Å²) in [4.78, 5) is 0. The van der Waals surface area contributed by atoms with Crippen LogP contribution in [0, 0.1) is 11.8 Å². The van der Waals surface area contributed by atoms with Gasteiger partial charge in [-0.25, -0.2) is 0 Å². The Morgan fingerprint density at radius 1 is 1.03 bits per heavy atom. The van der Waals surface area contributed by atoms with E-state index in [1.807, 2.05) is 0 Å². The number of para-hydroxylation sites is 1. The quantitative estimate of drug-likeness (QED) is 0.459. The monoisotopic (exact) mass is 385 g/mol. The van der Waals surface area contributed by atoms with E-state index in [2.05, 4.69) is 71.3 Å². The number of fused-ring (bicyclic) bond motifs is 10. The highest BCUT2D eigenvalue weighted by Gasteiger charge is 2.54. The molecule has 0 spiro atoms. The first-order valence-corrected chi connectivity index (χ1v) is 11.7. The molecule has 0 amide bonds. The lowest BCUT2D eigenvalue weighted by Crippen LogP contribution is -2.42. The third-order valence-electron chi connectivity index (χ3n) is 8.62. The smallest absolute Gasteiger partial charge is 0.299 e. The topological polar surface area (TPSA) is 4.93 Å². The van der Waals surface area contributed by atoms with Crippen molar-refractivity contribution in [3.05, 3.63) is 100 Å². The van der Waals surface area contributed by atoms with Crippen molar-refractivity contribution >= 4 is 23.3 Å². The van der Waals surface area contributed by atoms with Gasteiger partial charge in [-0.1, -0.05) is 66.2 Å². The first-order chi connectivity index (χ1) is 14.9. The van der Waals surface area contributed by atoms with Crippen molar-refractivity contribution in [2.24, 2.45) is 11.8 Å². The zero-order valence-corrected chi connectivity index (χ0v) is 17.1. The minimum Gasteiger partial charge on any atom is -0.380 e. The highest BCUT2D eigenvalue weighted by atomic mass is 15.0. The van der Waals surface area contributed by atoms with Crippen molar-refractivity contribution in [2.75, 3.05) is 0 Å². The van der Waals surface area contributed by atoms with Gasteiger partial charge in [-0.3, -0.25) is 0 Å². The molecule has 144 valence electrons. The molecule has 6 aliphatic rings. The molecule has 1 aromatic heterocycles. The Bertz CT molecular complexity index is 1340. The van der Waals surface area contributed by atoms with Gasteiger partial charge < -0.3 is 4.48 Å². The van der Waals surface area contributed by atoms with Crippen LogP contribution < -0.4 is 0 Å². The van der Waals surface area contributed by atoms with E-state index >= 15 is 0 Å². The number of allylic oxidation sites excluding steroid dienone is 12. The molecular weight excluding hydrogens is 361 g/mol. The molecule has 0 fully saturated rings. The SMILES string of the molecule is C1=CCC2B3C4=C(C=C5C=CCCC5C4C4=CCCc5c4n3c3ccccc53)C2=C1. The predicted molar refractivity (Wildman–Crippen MR) is 125 cm³/mol. The van der Waals surface area contributed by atoms with Gasteiger partial charge in [0.25, 0.3) is 6.85 Å². The van der Waals surface area contributed by atoms with Crippen LogP contribution in [0.4, 0.5) is 0 Å². The van der Waals surface area contributed by atoms with Gasteiger partial charge in [0.05, 0.1) is 0 Å². The van der Waals surface area contributed by atoms with E-state index in [1.54, 1.807) is 39.0 Å². The lowest BCUT2D eigenvalue weighted by atomic mass is 9.40. The van der Waals surface area contributed by atoms with Gasteiger partial charge in [0.15, 0.2) is 0 Å². The third kappa shape index (κ3) is 1.75. The summed E-state index contributed by atoms with van der Waals surface area (Å²) in [5.74, 6) is 1.83. The van der Waals surface area contributed by atoms with E-state index in [-0.39, 0.29) is 0 Å². The lowest BCUT2D eigenvalue weighted by molar-refractivity contribution is 0.479. The second kappa shape index (κ2) is 5.49. The zero-order valence-electron chi connectivity index (χ0n) is 17.1. The van der Waals surface area contributed by atoms with Gasteiger partial charge in [0.2, 0.25) is 0 Å². The van der Waals surface area contributed by atoms with Gasteiger partial charge in [0, 0.05) is 22.5 Å². The average molecular weight is 385 g/mol. The Kier molecular flexibility index (Phi) is 2.93. The maximum absolute atomic E-state index is 2.78. The van der Waals surface area contributed by atoms with E-state index in [9.17, 15) is 0 Å². The van der Waals surface area contributed by atoms with Crippen LogP contribution in [0.25, 0.3) is 16.5 Å². The Balaban J connectivity index is 1.52. The predicted octanol–water partition coefficient (Wildman–Crippen LogP) is 6.45. The van der Waals surface area contributed by atoms with Crippen LogP contribution >= 0.6 is 0 Å².